The molecule has 5 rings (SSSR count). The zero-order chi connectivity index (χ0) is 21.4. The largest absolute Gasteiger partial charge is 0.329 e. The van der Waals surface area contributed by atoms with Crippen LogP contribution in [-0.4, -0.2) is 51.9 Å². The molecule has 0 radical (unpaired) electrons. The Hall–Kier alpha value is -2.99. The monoisotopic (exact) mass is 416 g/mol. The van der Waals surface area contributed by atoms with Crippen LogP contribution in [0.25, 0.3) is 10.9 Å². The summed E-state index contributed by atoms with van der Waals surface area (Å²) in [4.78, 5) is 35.6. The lowest BCUT2D eigenvalue weighted by Gasteiger charge is -2.40. The molecule has 160 valence electrons. The van der Waals surface area contributed by atoms with Crippen molar-refractivity contribution in [2.75, 3.05) is 26.7 Å². The highest BCUT2D eigenvalue weighted by atomic mass is 16.2. The Morgan fingerprint density at radius 1 is 1.00 bits per heavy atom. The number of nitrogens with zero attached hydrogens (tertiary/aromatic N) is 4. The molecule has 3 heterocycles. The highest BCUT2D eigenvalue weighted by Crippen LogP contribution is 2.27. The van der Waals surface area contributed by atoms with E-state index in [0.29, 0.717) is 23.0 Å². The second-order valence-electron chi connectivity index (χ2n) is 8.71. The first kappa shape index (κ1) is 19.9. The van der Waals surface area contributed by atoms with Gasteiger partial charge in [-0.05, 0) is 43.7 Å². The molecule has 1 fully saturated rings. The van der Waals surface area contributed by atoms with Crippen molar-refractivity contribution >= 4 is 16.8 Å². The Morgan fingerprint density at radius 3 is 2.68 bits per heavy atom. The number of aryl methyl sites for hydroxylation is 1. The van der Waals surface area contributed by atoms with Crippen LogP contribution in [0.5, 0.6) is 0 Å². The van der Waals surface area contributed by atoms with E-state index in [4.69, 9.17) is 4.98 Å². The normalized spacial score (nSPS) is 19.8. The molecule has 1 aromatic heterocycles. The van der Waals surface area contributed by atoms with Crippen molar-refractivity contribution in [2.24, 2.45) is 0 Å². The number of rotatable bonds is 2. The molecule has 2 aromatic carbocycles. The second kappa shape index (κ2) is 8.27. The molecule has 1 atom stereocenters. The van der Waals surface area contributed by atoms with Crippen molar-refractivity contribution in [3.63, 3.8) is 0 Å². The van der Waals surface area contributed by atoms with Gasteiger partial charge in [0.1, 0.15) is 5.82 Å². The first-order valence-electron chi connectivity index (χ1n) is 11.2. The summed E-state index contributed by atoms with van der Waals surface area (Å²) in [6.45, 7) is 3.05. The number of amides is 1. The summed E-state index contributed by atoms with van der Waals surface area (Å²) in [5.74, 6) is 0.849. The topological polar surface area (TPSA) is 58.4 Å². The predicted octanol–water partition coefficient (Wildman–Crippen LogP) is 3.25. The fraction of sp³-hybridized carbons (Fsp3) is 0.400. The van der Waals surface area contributed by atoms with Gasteiger partial charge in [0.2, 0.25) is 0 Å². The molecule has 0 spiro atoms. The molecule has 1 saturated heterocycles. The average molecular weight is 417 g/mol. The molecule has 2 aliphatic rings. The lowest BCUT2D eigenvalue weighted by atomic mass is 10.0. The first-order chi connectivity index (χ1) is 15.1. The molecular formula is C25H28N4O2. The minimum atomic E-state index is 0.000646. The van der Waals surface area contributed by atoms with Crippen molar-refractivity contribution in [1.82, 2.24) is 19.4 Å². The molecule has 1 amide bonds. The number of fused-ring (bicyclic) bond motifs is 2. The molecule has 0 bridgehead atoms. The van der Waals surface area contributed by atoms with E-state index < -0.39 is 0 Å². The Bertz CT molecular complexity index is 1170. The minimum Gasteiger partial charge on any atom is -0.329 e. The maximum atomic E-state index is 13.6. The number of benzene rings is 2. The lowest BCUT2D eigenvalue weighted by Crippen LogP contribution is -2.49. The SMILES string of the molecule is CN1CCN(C(=O)c2ccc3c(=O)n4c(nc3c2)CCCCC4)[C@H](c2ccccc2)C1. The predicted molar refractivity (Wildman–Crippen MR) is 121 cm³/mol. The second-order valence-corrected chi connectivity index (χ2v) is 8.71. The van der Waals surface area contributed by atoms with Gasteiger partial charge in [-0.2, -0.15) is 0 Å². The van der Waals surface area contributed by atoms with Crippen LogP contribution in [0.1, 0.15) is 47.1 Å². The zero-order valence-electron chi connectivity index (χ0n) is 18.0. The van der Waals surface area contributed by atoms with Gasteiger partial charge in [-0.25, -0.2) is 4.98 Å². The fourth-order valence-corrected chi connectivity index (χ4v) is 4.84. The third-order valence-electron chi connectivity index (χ3n) is 6.59. The summed E-state index contributed by atoms with van der Waals surface area (Å²) >= 11 is 0. The molecule has 6 nitrogen and oxygen atoms in total. The van der Waals surface area contributed by atoms with E-state index in [2.05, 4.69) is 24.1 Å². The van der Waals surface area contributed by atoms with E-state index in [9.17, 15) is 9.59 Å². The quantitative estimate of drug-likeness (QED) is 0.644. The molecule has 0 saturated carbocycles. The summed E-state index contributed by atoms with van der Waals surface area (Å²) in [6.07, 6.45) is 4.00. The van der Waals surface area contributed by atoms with Crippen LogP contribution >= 0.6 is 0 Å². The third-order valence-corrected chi connectivity index (χ3v) is 6.59. The first-order valence-corrected chi connectivity index (χ1v) is 11.2. The summed E-state index contributed by atoms with van der Waals surface area (Å²) in [6, 6.07) is 15.6. The average Bonchev–Trinajstić information content (AvgIpc) is 3.05. The standard InChI is InChI=1S/C25H28N4O2/c1-27-14-15-28(22(17-27)18-8-4-2-5-9-18)24(30)19-11-12-20-21(16-19)26-23-10-6-3-7-13-29(23)25(20)31/h2,4-5,8-9,11-12,16,22H,3,6-7,10,13-15,17H2,1H3/t22-/m0/s1. The Labute approximate surface area is 182 Å². The number of aromatic nitrogens is 2. The van der Waals surface area contributed by atoms with E-state index in [1.807, 2.05) is 33.7 Å². The smallest absolute Gasteiger partial charge is 0.261 e. The van der Waals surface area contributed by atoms with Crippen molar-refractivity contribution in [3.8, 4) is 0 Å². The van der Waals surface area contributed by atoms with E-state index in [-0.39, 0.29) is 17.5 Å². The number of carbonyl (C=O) groups excluding carboxylic acids is 1. The van der Waals surface area contributed by atoms with Crippen LogP contribution in [0, 0.1) is 0 Å². The number of hydrogen-bond acceptors (Lipinski definition) is 4. The van der Waals surface area contributed by atoms with Gasteiger partial charge in [0, 0.05) is 38.2 Å². The van der Waals surface area contributed by atoms with Crippen molar-refractivity contribution in [3.05, 3.63) is 75.8 Å². The van der Waals surface area contributed by atoms with Gasteiger partial charge in [0.05, 0.1) is 16.9 Å². The van der Waals surface area contributed by atoms with Gasteiger partial charge < -0.3 is 9.80 Å². The molecule has 2 aliphatic heterocycles. The van der Waals surface area contributed by atoms with Gasteiger partial charge in [0.15, 0.2) is 0 Å². The van der Waals surface area contributed by atoms with Crippen LogP contribution in [0.2, 0.25) is 0 Å². The summed E-state index contributed by atoms with van der Waals surface area (Å²) in [7, 11) is 2.09. The zero-order valence-corrected chi connectivity index (χ0v) is 18.0. The maximum absolute atomic E-state index is 13.6. The molecule has 31 heavy (non-hydrogen) atoms. The van der Waals surface area contributed by atoms with Gasteiger partial charge in [-0.15, -0.1) is 0 Å². The molecule has 0 unspecified atom stereocenters. The van der Waals surface area contributed by atoms with Crippen LogP contribution < -0.4 is 5.56 Å². The summed E-state index contributed by atoms with van der Waals surface area (Å²) in [5.41, 5.74) is 2.39. The van der Waals surface area contributed by atoms with Crippen LogP contribution in [0.3, 0.4) is 0 Å². The molecular weight excluding hydrogens is 388 g/mol. The van der Waals surface area contributed by atoms with Crippen molar-refractivity contribution in [1.29, 1.82) is 0 Å². The van der Waals surface area contributed by atoms with Crippen molar-refractivity contribution < 1.29 is 4.79 Å². The molecule has 3 aromatic rings. The van der Waals surface area contributed by atoms with Crippen LogP contribution in [0.4, 0.5) is 0 Å². The Balaban J connectivity index is 1.52. The summed E-state index contributed by atoms with van der Waals surface area (Å²) < 4.78 is 1.82. The fourth-order valence-electron chi connectivity index (χ4n) is 4.84. The van der Waals surface area contributed by atoms with E-state index in [1.165, 1.54) is 0 Å². The van der Waals surface area contributed by atoms with Gasteiger partial charge in [-0.3, -0.25) is 14.2 Å². The van der Waals surface area contributed by atoms with Crippen molar-refractivity contribution in [2.45, 2.75) is 38.3 Å². The summed E-state index contributed by atoms with van der Waals surface area (Å²) in [5, 5.41) is 0.597. The lowest BCUT2D eigenvalue weighted by molar-refractivity contribution is 0.0498. The maximum Gasteiger partial charge on any atom is 0.261 e. The third kappa shape index (κ3) is 3.76. The van der Waals surface area contributed by atoms with E-state index >= 15 is 0 Å². The highest BCUT2D eigenvalue weighted by molar-refractivity contribution is 5.98. The van der Waals surface area contributed by atoms with Crippen LogP contribution in [0.15, 0.2) is 53.3 Å². The molecule has 6 heteroatoms. The number of carbonyl (C=O) groups is 1. The van der Waals surface area contributed by atoms with Gasteiger partial charge in [-0.1, -0.05) is 36.8 Å². The van der Waals surface area contributed by atoms with E-state index in [0.717, 1.165) is 56.7 Å². The minimum absolute atomic E-state index is 0.000646. The highest BCUT2D eigenvalue weighted by Gasteiger charge is 2.31. The number of likely N-dealkylation sites (N-methyl/N-ethyl adjacent to an activating group) is 1. The van der Waals surface area contributed by atoms with E-state index in [1.54, 1.807) is 12.1 Å². The molecule has 0 aliphatic carbocycles. The van der Waals surface area contributed by atoms with Crippen LogP contribution in [-0.2, 0) is 13.0 Å². The number of hydrogen-bond donors (Lipinski definition) is 0. The number of piperazine rings is 1. The Kier molecular flexibility index (Phi) is 5.32. The van der Waals surface area contributed by atoms with Gasteiger partial charge in [0.25, 0.3) is 11.5 Å². The van der Waals surface area contributed by atoms with Gasteiger partial charge >= 0.3 is 0 Å². The molecule has 0 N–H and O–H groups in total. The Morgan fingerprint density at radius 2 is 1.84 bits per heavy atom.